The third kappa shape index (κ3) is 2.03. The number of aryl methyl sites for hydroxylation is 1. The fraction of sp³-hybridized carbons (Fsp3) is 0.778. The van der Waals surface area contributed by atoms with Crippen molar-refractivity contribution in [3.8, 4) is 0 Å². The second-order valence-electron chi connectivity index (χ2n) is 8.41. The van der Waals surface area contributed by atoms with Crippen LogP contribution in [0.25, 0.3) is 0 Å². The minimum atomic E-state index is 0.128. The highest BCUT2D eigenvalue weighted by molar-refractivity contribution is 5.80. The predicted octanol–water partition coefficient (Wildman–Crippen LogP) is 2.53. The molecule has 4 bridgehead atoms. The number of imidazole rings is 1. The molecule has 1 amide bonds. The van der Waals surface area contributed by atoms with E-state index in [0.717, 1.165) is 43.0 Å². The van der Waals surface area contributed by atoms with E-state index in [2.05, 4.69) is 14.9 Å². The molecule has 0 saturated heterocycles. The van der Waals surface area contributed by atoms with Crippen molar-refractivity contribution in [3.63, 3.8) is 0 Å². The maximum absolute atomic E-state index is 12.9. The molecular formula is C18H25N3O. The summed E-state index contributed by atoms with van der Waals surface area (Å²) in [6, 6.07) is 0. The molecule has 22 heavy (non-hydrogen) atoms. The van der Waals surface area contributed by atoms with Crippen LogP contribution in [0.1, 0.15) is 50.8 Å². The standard InChI is InChI=1S/C18H25N3O/c22-17(15-1-3-21-4-2-19-16(21)8-15)20-18-9-12-5-13(10-18)7-14(6-12)11-18/h2,4,12-15H,1,3,5-11H2,(H,20,22). The Bertz CT molecular complexity index is 570. The fourth-order valence-corrected chi connectivity index (χ4v) is 6.20. The lowest BCUT2D eigenvalue weighted by Gasteiger charge is -2.57. The Kier molecular flexibility index (Phi) is 2.74. The summed E-state index contributed by atoms with van der Waals surface area (Å²) in [7, 11) is 0. The summed E-state index contributed by atoms with van der Waals surface area (Å²) in [5.41, 5.74) is 0.151. The van der Waals surface area contributed by atoms with E-state index in [9.17, 15) is 4.79 Å². The van der Waals surface area contributed by atoms with E-state index in [-0.39, 0.29) is 11.5 Å². The van der Waals surface area contributed by atoms with Crippen LogP contribution in [0, 0.1) is 23.7 Å². The average Bonchev–Trinajstić information content (AvgIpc) is 2.92. The lowest BCUT2D eigenvalue weighted by atomic mass is 9.53. The second kappa shape index (κ2) is 4.59. The summed E-state index contributed by atoms with van der Waals surface area (Å²) in [5, 5.41) is 3.54. The lowest BCUT2D eigenvalue weighted by molar-refractivity contribution is -0.131. The number of hydrogen-bond donors (Lipinski definition) is 1. The lowest BCUT2D eigenvalue weighted by Crippen LogP contribution is -2.61. The van der Waals surface area contributed by atoms with Gasteiger partial charge in [-0.15, -0.1) is 0 Å². The van der Waals surface area contributed by atoms with Gasteiger partial charge in [0.05, 0.1) is 0 Å². The van der Waals surface area contributed by atoms with Gasteiger partial charge in [-0.3, -0.25) is 4.79 Å². The minimum Gasteiger partial charge on any atom is -0.350 e. The number of nitrogens with zero attached hydrogens (tertiary/aromatic N) is 2. The van der Waals surface area contributed by atoms with Gasteiger partial charge >= 0.3 is 0 Å². The van der Waals surface area contributed by atoms with Crippen molar-refractivity contribution < 1.29 is 4.79 Å². The molecule has 0 radical (unpaired) electrons. The molecule has 1 aromatic rings. The Labute approximate surface area is 131 Å². The monoisotopic (exact) mass is 299 g/mol. The molecule has 4 aliphatic carbocycles. The SMILES string of the molecule is O=C(NC12CC3CC(CC(C3)C1)C2)C1CCn2ccnc2C1. The molecule has 1 N–H and O–H groups in total. The van der Waals surface area contributed by atoms with Crippen LogP contribution in [0.4, 0.5) is 0 Å². The molecule has 4 saturated carbocycles. The van der Waals surface area contributed by atoms with Crippen LogP contribution in [-0.4, -0.2) is 21.0 Å². The highest BCUT2D eigenvalue weighted by Crippen LogP contribution is 2.55. The number of carbonyl (C=O) groups excluding carboxylic acids is 1. The quantitative estimate of drug-likeness (QED) is 0.912. The number of nitrogens with one attached hydrogen (secondary N) is 1. The van der Waals surface area contributed by atoms with Crippen LogP contribution in [-0.2, 0) is 17.8 Å². The van der Waals surface area contributed by atoms with Gasteiger partial charge in [-0.1, -0.05) is 0 Å². The van der Waals surface area contributed by atoms with Gasteiger partial charge < -0.3 is 9.88 Å². The molecule has 2 heterocycles. The normalized spacial score (nSPS) is 42.2. The van der Waals surface area contributed by atoms with Crippen molar-refractivity contribution in [1.29, 1.82) is 0 Å². The Morgan fingerprint density at radius 1 is 1.18 bits per heavy atom. The minimum absolute atomic E-state index is 0.128. The highest BCUT2D eigenvalue weighted by atomic mass is 16.2. The van der Waals surface area contributed by atoms with Crippen LogP contribution in [0.3, 0.4) is 0 Å². The van der Waals surface area contributed by atoms with Gasteiger partial charge in [0.2, 0.25) is 5.91 Å². The van der Waals surface area contributed by atoms with Crippen molar-refractivity contribution in [2.75, 3.05) is 0 Å². The zero-order chi connectivity index (χ0) is 14.7. The molecule has 1 aliphatic heterocycles. The molecule has 1 unspecified atom stereocenters. The maximum Gasteiger partial charge on any atom is 0.224 e. The molecule has 118 valence electrons. The van der Waals surface area contributed by atoms with Gasteiger partial charge in [0.15, 0.2) is 0 Å². The Hall–Kier alpha value is -1.32. The molecule has 1 atom stereocenters. The maximum atomic E-state index is 12.9. The first kappa shape index (κ1) is 13.1. The van der Waals surface area contributed by atoms with Gasteiger partial charge in [0.1, 0.15) is 5.82 Å². The van der Waals surface area contributed by atoms with E-state index < -0.39 is 0 Å². The van der Waals surface area contributed by atoms with Gasteiger partial charge in [-0.2, -0.15) is 0 Å². The van der Waals surface area contributed by atoms with Gasteiger partial charge in [-0.05, 0) is 62.7 Å². The molecule has 6 rings (SSSR count). The zero-order valence-corrected chi connectivity index (χ0v) is 13.1. The van der Waals surface area contributed by atoms with Crippen LogP contribution >= 0.6 is 0 Å². The number of fused-ring (bicyclic) bond motifs is 1. The molecule has 5 aliphatic rings. The first-order chi connectivity index (χ1) is 10.7. The van der Waals surface area contributed by atoms with Gasteiger partial charge in [0, 0.05) is 36.8 Å². The molecule has 4 nitrogen and oxygen atoms in total. The Morgan fingerprint density at radius 2 is 1.86 bits per heavy atom. The summed E-state index contributed by atoms with van der Waals surface area (Å²) in [4.78, 5) is 17.3. The summed E-state index contributed by atoms with van der Waals surface area (Å²) in [6.45, 7) is 0.939. The smallest absolute Gasteiger partial charge is 0.224 e. The predicted molar refractivity (Wildman–Crippen MR) is 83.1 cm³/mol. The zero-order valence-electron chi connectivity index (χ0n) is 13.1. The van der Waals surface area contributed by atoms with Gasteiger partial charge in [-0.25, -0.2) is 4.98 Å². The van der Waals surface area contributed by atoms with E-state index in [1.807, 2.05) is 12.4 Å². The van der Waals surface area contributed by atoms with Crippen molar-refractivity contribution >= 4 is 5.91 Å². The molecule has 1 aromatic heterocycles. The molecular weight excluding hydrogens is 274 g/mol. The van der Waals surface area contributed by atoms with Crippen molar-refractivity contribution in [3.05, 3.63) is 18.2 Å². The third-order valence-corrected chi connectivity index (χ3v) is 6.75. The van der Waals surface area contributed by atoms with Crippen LogP contribution in [0.5, 0.6) is 0 Å². The first-order valence-electron chi connectivity index (χ1n) is 9.01. The second-order valence-corrected chi connectivity index (χ2v) is 8.41. The fourth-order valence-electron chi connectivity index (χ4n) is 6.20. The topological polar surface area (TPSA) is 46.9 Å². The van der Waals surface area contributed by atoms with E-state index in [4.69, 9.17) is 0 Å². The van der Waals surface area contributed by atoms with Crippen LogP contribution < -0.4 is 5.32 Å². The molecule has 4 fully saturated rings. The Balaban J connectivity index is 1.31. The number of amides is 1. The highest BCUT2D eigenvalue weighted by Gasteiger charge is 2.51. The van der Waals surface area contributed by atoms with Crippen LogP contribution in [0.15, 0.2) is 12.4 Å². The van der Waals surface area contributed by atoms with Crippen molar-refractivity contribution in [2.45, 2.75) is 63.5 Å². The summed E-state index contributed by atoms with van der Waals surface area (Å²) in [5.74, 6) is 4.17. The average molecular weight is 299 g/mol. The number of aromatic nitrogens is 2. The Morgan fingerprint density at radius 3 is 2.55 bits per heavy atom. The van der Waals surface area contributed by atoms with E-state index >= 15 is 0 Å². The first-order valence-corrected chi connectivity index (χ1v) is 9.01. The van der Waals surface area contributed by atoms with Crippen LogP contribution in [0.2, 0.25) is 0 Å². The van der Waals surface area contributed by atoms with Gasteiger partial charge in [0.25, 0.3) is 0 Å². The molecule has 0 aromatic carbocycles. The third-order valence-electron chi connectivity index (χ3n) is 6.75. The van der Waals surface area contributed by atoms with E-state index in [0.29, 0.717) is 5.91 Å². The van der Waals surface area contributed by atoms with Crippen molar-refractivity contribution in [2.24, 2.45) is 23.7 Å². The van der Waals surface area contributed by atoms with E-state index in [1.54, 1.807) is 0 Å². The summed E-state index contributed by atoms with van der Waals surface area (Å²) < 4.78 is 2.19. The summed E-state index contributed by atoms with van der Waals surface area (Å²) >= 11 is 0. The molecule has 0 spiro atoms. The van der Waals surface area contributed by atoms with E-state index in [1.165, 1.54) is 38.5 Å². The summed E-state index contributed by atoms with van der Waals surface area (Å²) in [6.07, 6.45) is 13.7. The number of rotatable bonds is 2. The van der Waals surface area contributed by atoms with Crippen molar-refractivity contribution in [1.82, 2.24) is 14.9 Å². The molecule has 4 heteroatoms. The number of carbonyl (C=O) groups is 1. The largest absolute Gasteiger partial charge is 0.350 e. The number of hydrogen-bond acceptors (Lipinski definition) is 2.